The van der Waals surface area contributed by atoms with E-state index in [-0.39, 0.29) is 10.8 Å². The highest BCUT2D eigenvalue weighted by Crippen LogP contribution is 2.30. The van der Waals surface area contributed by atoms with E-state index in [4.69, 9.17) is 0 Å². The Morgan fingerprint density at radius 1 is 1.00 bits per heavy atom. The third-order valence-electron chi connectivity index (χ3n) is 5.90. The molecule has 0 bridgehead atoms. The van der Waals surface area contributed by atoms with E-state index in [1.54, 1.807) is 24.3 Å². The Morgan fingerprint density at radius 2 is 1.72 bits per heavy atom. The number of anilines is 1. The molecule has 0 unspecified atom stereocenters. The molecule has 0 spiro atoms. The summed E-state index contributed by atoms with van der Waals surface area (Å²) in [5, 5.41) is 0. The Balaban J connectivity index is 1.59. The maximum absolute atomic E-state index is 13.4. The number of carbonyl (C=O) groups excluding carboxylic acids is 1. The molecule has 2 aliphatic heterocycles. The van der Waals surface area contributed by atoms with Crippen molar-refractivity contribution in [3.8, 4) is 0 Å². The van der Waals surface area contributed by atoms with Crippen LogP contribution in [0.4, 0.5) is 5.69 Å². The van der Waals surface area contributed by atoms with Crippen molar-refractivity contribution in [2.75, 3.05) is 31.6 Å². The minimum absolute atomic E-state index is 0.0942. The van der Waals surface area contributed by atoms with Crippen LogP contribution < -0.4 is 4.90 Å². The first-order valence-electron chi connectivity index (χ1n) is 10.0. The molecule has 6 nitrogen and oxygen atoms in total. The number of likely N-dealkylation sites (N-methyl/N-ethyl adjacent to an activating group) is 1. The zero-order chi connectivity index (χ0) is 20.6. The molecule has 0 saturated carbocycles. The highest BCUT2D eigenvalue weighted by atomic mass is 32.2. The summed E-state index contributed by atoms with van der Waals surface area (Å²) in [6.07, 6.45) is 1.27. The molecule has 4 rings (SSSR count). The highest BCUT2D eigenvalue weighted by Gasteiger charge is 2.41. The van der Waals surface area contributed by atoms with Crippen LogP contribution >= 0.6 is 0 Å². The van der Waals surface area contributed by atoms with Gasteiger partial charge in [0.15, 0.2) is 0 Å². The van der Waals surface area contributed by atoms with Gasteiger partial charge >= 0.3 is 0 Å². The Morgan fingerprint density at radius 3 is 2.48 bits per heavy atom. The molecular formula is C22H27N3O3S. The summed E-state index contributed by atoms with van der Waals surface area (Å²) in [7, 11) is -1.67. The van der Waals surface area contributed by atoms with Gasteiger partial charge in [0, 0.05) is 38.9 Å². The molecule has 1 amide bonds. The van der Waals surface area contributed by atoms with Crippen molar-refractivity contribution in [3.63, 3.8) is 0 Å². The summed E-state index contributed by atoms with van der Waals surface area (Å²) in [6.45, 7) is 4.12. The topological polar surface area (TPSA) is 60.9 Å². The lowest BCUT2D eigenvalue weighted by Crippen LogP contribution is -2.48. The van der Waals surface area contributed by atoms with E-state index in [9.17, 15) is 13.2 Å². The molecule has 1 atom stereocenters. The second-order valence-electron chi connectivity index (χ2n) is 7.90. The first kappa shape index (κ1) is 19.9. The number of benzene rings is 2. The molecule has 0 aromatic heterocycles. The van der Waals surface area contributed by atoms with Gasteiger partial charge < -0.3 is 9.80 Å². The number of carbonyl (C=O) groups is 1. The fourth-order valence-electron chi connectivity index (χ4n) is 4.21. The molecule has 1 fully saturated rings. The number of hydrogen-bond donors (Lipinski definition) is 0. The highest BCUT2D eigenvalue weighted by molar-refractivity contribution is 7.89. The lowest BCUT2D eigenvalue weighted by atomic mass is 10.1. The van der Waals surface area contributed by atoms with Crippen LogP contribution in [0.2, 0.25) is 0 Å². The van der Waals surface area contributed by atoms with E-state index in [1.807, 2.05) is 37.1 Å². The largest absolute Gasteiger partial charge is 0.373 e. The predicted octanol–water partition coefficient (Wildman–Crippen LogP) is 2.63. The number of sulfonamides is 1. The van der Waals surface area contributed by atoms with Crippen molar-refractivity contribution in [3.05, 3.63) is 59.7 Å². The Kier molecular flexibility index (Phi) is 5.36. The summed E-state index contributed by atoms with van der Waals surface area (Å²) in [5.74, 6) is -0.0942. The molecule has 0 radical (unpaired) electrons. The molecule has 7 heteroatoms. The van der Waals surface area contributed by atoms with E-state index in [2.05, 4.69) is 11.0 Å². The zero-order valence-electron chi connectivity index (χ0n) is 16.9. The summed E-state index contributed by atoms with van der Waals surface area (Å²) in [6, 6.07) is 14.3. The van der Waals surface area contributed by atoms with Gasteiger partial charge in [-0.25, -0.2) is 8.42 Å². The van der Waals surface area contributed by atoms with Crippen LogP contribution in [0.3, 0.4) is 0 Å². The van der Waals surface area contributed by atoms with Gasteiger partial charge in [-0.3, -0.25) is 4.79 Å². The van der Waals surface area contributed by atoms with E-state index in [1.165, 1.54) is 4.31 Å². The monoisotopic (exact) mass is 413 g/mol. The van der Waals surface area contributed by atoms with Crippen LogP contribution in [0, 0.1) is 6.92 Å². The van der Waals surface area contributed by atoms with Crippen molar-refractivity contribution in [1.82, 2.24) is 9.21 Å². The standard InChI is InChI=1S/C22H27N3O3S/c1-17-9-11-19(12-10-17)29(27,28)25-13-5-8-21(25)22(26)24-15-14-23(2)20-7-4-3-6-18(20)16-24/h3-4,6-7,9-12,21H,5,8,13-16H2,1-2H3/t21-/m0/s1. The number of nitrogens with zero attached hydrogens (tertiary/aromatic N) is 3. The molecular weight excluding hydrogens is 386 g/mol. The van der Waals surface area contributed by atoms with Gasteiger partial charge in [-0.15, -0.1) is 0 Å². The van der Waals surface area contributed by atoms with Gasteiger partial charge in [-0.1, -0.05) is 35.9 Å². The van der Waals surface area contributed by atoms with E-state index < -0.39 is 16.1 Å². The molecule has 2 aromatic rings. The summed E-state index contributed by atoms with van der Waals surface area (Å²) in [4.78, 5) is 17.6. The minimum atomic E-state index is -3.69. The van der Waals surface area contributed by atoms with Crippen LogP contribution in [0.5, 0.6) is 0 Å². The first-order valence-corrected chi connectivity index (χ1v) is 11.5. The van der Waals surface area contributed by atoms with Gasteiger partial charge in [0.1, 0.15) is 6.04 Å². The second-order valence-corrected chi connectivity index (χ2v) is 9.79. The van der Waals surface area contributed by atoms with Crippen molar-refractivity contribution in [2.45, 2.75) is 37.2 Å². The van der Waals surface area contributed by atoms with Crippen LogP contribution in [0.15, 0.2) is 53.4 Å². The van der Waals surface area contributed by atoms with Gasteiger partial charge in [-0.2, -0.15) is 4.31 Å². The minimum Gasteiger partial charge on any atom is -0.373 e. The number of para-hydroxylation sites is 1. The van der Waals surface area contributed by atoms with Crippen molar-refractivity contribution in [1.29, 1.82) is 0 Å². The van der Waals surface area contributed by atoms with E-state index in [0.29, 0.717) is 32.5 Å². The van der Waals surface area contributed by atoms with Crippen LogP contribution in [-0.4, -0.2) is 56.3 Å². The SMILES string of the molecule is Cc1ccc(S(=O)(=O)N2CCC[C@H]2C(=O)N2CCN(C)c3ccccc3C2)cc1. The fourth-order valence-corrected chi connectivity index (χ4v) is 5.86. The number of amides is 1. The van der Waals surface area contributed by atoms with Crippen molar-refractivity contribution in [2.24, 2.45) is 0 Å². The molecule has 2 heterocycles. The Hall–Kier alpha value is -2.38. The molecule has 154 valence electrons. The van der Waals surface area contributed by atoms with E-state index in [0.717, 1.165) is 23.4 Å². The van der Waals surface area contributed by atoms with Gasteiger partial charge in [-0.05, 0) is 43.5 Å². The smallest absolute Gasteiger partial charge is 0.243 e. The average molecular weight is 414 g/mol. The van der Waals surface area contributed by atoms with E-state index >= 15 is 0 Å². The molecule has 1 saturated heterocycles. The normalized spacial score (nSPS) is 20.4. The first-order chi connectivity index (χ1) is 13.9. The third-order valence-corrected chi connectivity index (χ3v) is 7.82. The quantitative estimate of drug-likeness (QED) is 0.776. The number of hydrogen-bond acceptors (Lipinski definition) is 4. The Labute approximate surface area is 172 Å². The fraction of sp³-hybridized carbons (Fsp3) is 0.409. The van der Waals surface area contributed by atoms with Crippen molar-refractivity contribution < 1.29 is 13.2 Å². The summed E-state index contributed by atoms with van der Waals surface area (Å²) in [5.41, 5.74) is 3.22. The van der Waals surface area contributed by atoms with Crippen molar-refractivity contribution >= 4 is 21.6 Å². The molecule has 2 aromatic carbocycles. The number of aryl methyl sites for hydroxylation is 1. The lowest BCUT2D eigenvalue weighted by Gasteiger charge is -2.29. The van der Waals surface area contributed by atoms with Crippen LogP contribution in [0.25, 0.3) is 0 Å². The lowest BCUT2D eigenvalue weighted by molar-refractivity contribution is -0.135. The average Bonchev–Trinajstić information content (AvgIpc) is 3.15. The van der Waals surface area contributed by atoms with Crippen LogP contribution in [-0.2, 0) is 21.4 Å². The number of fused-ring (bicyclic) bond motifs is 1. The molecule has 0 N–H and O–H groups in total. The van der Waals surface area contributed by atoms with Gasteiger partial charge in [0.05, 0.1) is 4.90 Å². The third kappa shape index (κ3) is 3.76. The molecule has 29 heavy (non-hydrogen) atoms. The second kappa shape index (κ2) is 7.80. The summed E-state index contributed by atoms with van der Waals surface area (Å²) >= 11 is 0. The maximum atomic E-state index is 13.4. The zero-order valence-corrected chi connectivity index (χ0v) is 17.7. The summed E-state index contributed by atoms with van der Waals surface area (Å²) < 4.78 is 27.8. The van der Waals surface area contributed by atoms with Crippen LogP contribution in [0.1, 0.15) is 24.0 Å². The Bertz CT molecular complexity index is 1000. The van der Waals surface area contributed by atoms with Gasteiger partial charge in [0.25, 0.3) is 0 Å². The predicted molar refractivity (Wildman–Crippen MR) is 113 cm³/mol. The van der Waals surface area contributed by atoms with Gasteiger partial charge in [0.2, 0.25) is 15.9 Å². The number of rotatable bonds is 3. The maximum Gasteiger partial charge on any atom is 0.243 e. The molecule has 0 aliphatic carbocycles. The molecule has 2 aliphatic rings.